The molecule has 0 heterocycles. The van der Waals surface area contributed by atoms with E-state index in [9.17, 15) is 4.79 Å². The van der Waals surface area contributed by atoms with E-state index in [2.05, 4.69) is 0 Å². The maximum atomic E-state index is 11.3. The van der Waals surface area contributed by atoms with Gasteiger partial charge in [0, 0.05) is 0 Å². The quantitative estimate of drug-likeness (QED) is 0.516. The maximum absolute atomic E-state index is 11.3. The molecule has 3 heteroatoms. The summed E-state index contributed by atoms with van der Waals surface area (Å²) in [6.45, 7) is 10.1. The minimum absolute atomic E-state index is 0.235. The molecule has 14 heavy (non-hydrogen) atoms. The van der Waals surface area contributed by atoms with E-state index in [0.29, 0.717) is 18.8 Å². The summed E-state index contributed by atoms with van der Waals surface area (Å²) in [4.78, 5) is 11.3. The van der Waals surface area contributed by atoms with Gasteiger partial charge in [-0.3, -0.25) is 0 Å². The first kappa shape index (κ1) is 13.2. The normalized spacial score (nSPS) is 12.8. The zero-order chi connectivity index (χ0) is 11.2. The van der Waals surface area contributed by atoms with Crippen molar-refractivity contribution in [3.05, 3.63) is 11.6 Å². The zero-order valence-corrected chi connectivity index (χ0v) is 9.72. The van der Waals surface area contributed by atoms with Gasteiger partial charge in [0.2, 0.25) is 0 Å². The predicted octanol–water partition coefficient (Wildman–Crippen LogP) is 2.31. The van der Waals surface area contributed by atoms with Gasteiger partial charge in [0.25, 0.3) is 0 Å². The Balaban J connectivity index is 4.12. The second-order valence-electron chi connectivity index (χ2n) is 3.94. The molecule has 0 aromatic heterocycles. The number of carbonyl (C=O) groups excluding carboxylic acids is 1. The number of rotatable bonds is 4. The van der Waals surface area contributed by atoms with E-state index in [4.69, 9.17) is 9.47 Å². The summed E-state index contributed by atoms with van der Waals surface area (Å²) in [5.74, 6) is -0.292. The molecule has 0 atom stereocenters. The third kappa shape index (κ3) is 5.75. The SMILES string of the molecule is C/C=C(\COC(C)(C)C)C(=O)OCC. The van der Waals surface area contributed by atoms with E-state index in [1.807, 2.05) is 20.8 Å². The summed E-state index contributed by atoms with van der Waals surface area (Å²) in [7, 11) is 0. The average Bonchev–Trinajstić information content (AvgIpc) is 2.03. The largest absolute Gasteiger partial charge is 0.463 e. The van der Waals surface area contributed by atoms with Gasteiger partial charge < -0.3 is 9.47 Å². The lowest BCUT2D eigenvalue weighted by atomic mass is 10.2. The Hall–Kier alpha value is -0.830. The Morgan fingerprint density at radius 2 is 1.93 bits per heavy atom. The van der Waals surface area contributed by atoms with Gasteiger partial charge in [-0.15, -0.1) is 0 Å². The molecule has 0 saturated heterocycles. The van der Waals surface area contributed by atoms with Crippen molar-refractivity contribution in [1.82, 2.24) is 0 Å². The molecule has 0 aromatic carbocycles. The van der Waals surface area contributed by atoms with Gasteiger partial charge >= 0.3 is 5.97 Å². The second kappa shape index (κ2) is 5.81. The van der Waals surface area contributed by atoms with Crippen LogP contribution in [0, 0.1) is 0 Å². The smallest absolute Gasteiger partial charge is 0.336 e. The third-order valence-corrected chi connectivity index (χ3v) is 1.55. The highest BCUT2D eigenvalue weighted by Crippen LogP contribution is 2.10. The molecule has 0 radical (unpaired) electrons. The summed E-state index contributed by atoms with van der Waals surface area (Å²) in [5, 5.41) is 0. The molecule has 0 unspecified atom stereocenters. The van der Waals surface area contributed by atoms with E-state index in [-0.39, 0.29) is 11.6 Å². The maximum Gasteiger partial charge on any atom is 0.336 e. The average molecular weight is 200 g/mol. The standard InChI is InChI=1S/C11H20O3/c1-6-9(10(12)13-7-2)8-14-11(3,4)5/h6H,7-8H2,1-5H3/b9-6+. The Morgan fingerprint density at radius 1 is 1.36 bits per heavy atom. The Morgan fingerprint density at radius 3 is 2.29 bits per heavy atom. The van der Waals surface area contributed by atoms with E-state index < -0.39 is 0 Å². The number of esters is 1. The Kier molecular flexibility index (Phi) is 5.46. The van der Waals surface area contributed by atoms with Crippen molar-refractivity contribution in [2.45, 2.75) is 40.2 Å². The number of hydrogen-bond acceptors (Lipinski definition) is 3. The van der Waals surface area contributed by atoms with Crippen molar-refractivity contribution in [3.8, 4) is 0 Å². The summed E-state index contributed by atoms with van der Waals surface area (Å²) in [5.41, 5.74) is 0.336. The van der Waals surface area contributed by atoms with Gasteiger partial charge in [0.15, 0.2) is 0 Å². The van der Waals surface area contributed by atoms with Gasteiger partial charge in [0.1, 0.15) is 0 Å². The lowest BCUT2D eigenvalue weighted by Crippen LogP contribution is -2.23. The molecule has 0 saturated carbocycles. The van der Waals surface area contributed by atoms with E-state index >= 15 is 0 Å². The third-order valence-electron chi connectivity index (χ3n) is 1.55. The van der Waals surface area contributed by atoms with Crippen LogP contribution in [0.15, 0.2) is 11.6 Å². The van der Waals surface area contributed by atoms with E-state index in [1.165, 1.54) is 0 Å². The molecule has 0 rings (SSSR count). The van der Waals surface area contributed by atoms with Crippen LogP contribution in [0.1, 0.15) is 34.6 Å². The highest BCUT2D eigenvalue weighted by Gasteiger charge is 2.15. The minimum atomic E-state index is -0.292. The number of hydrogen-bond donors (Lipinski definition) is 0. The number of allylic oxidation sites excluding steroid dienone is 1. The second-order valence-corrected chi connectivity index (χ2v) is 3.94. The van der Waals surface area contributed by atoms with Crippen LogP contribution in [0.2, 0.25) is 0 Å². The van der Waals surface area contributed by atoms with Crippen molar-refractivity contribution in [3.63, 3.8) is 0 Å². The molecular formula is C11H20O3. The van der Waals surface area contributed by atoms with Crippen LogP contribution in [0.4, 0.5) is 0 Å². The molecule has 82 valence electrons. The molecule has 0 aliphatic heterocycles. The van der Waals surface area contributed by atoms with Crippen molar-refractivity contribution < 1.29 is 14.3 Å². The van der Waals surface area contributed by atoms with Crippen LogP contribution in [-0.4, -0.2) is 24.8 Å². The first-order chi connectivity index (χ1) is 6.40. The van der Waals surface area contributed by atoms with Crippen molar-refractivity contribution >= 4 is 5.97 Å². The lowest BCUT2D eigenvalue weighted by molar-refractivity contribution is -0.139. The van der Waals surface area contributed by atoms with Crippen LogP contribution in [0.25, 0.3) is 0 Å². The number of carbonyl (C=O) groups is 1. The van der Waals surface area contributed by atoms with E-state index in [0.717, 1.165) is 0 Å². The lowest BCUT2D eigenvalue weighted by Gasteiger charge is -2.20. The Labute approximate surface area is 86.1 Å². The van der Waals surface area contributed by atoms with Crippen molar-refractivity contribution in [2.75, 3.05) is 13.2 Å². The molecule has 0 amide bonds. The van der Waals surface area contributed by atoms with Gasteiger partial charge in [-0.1, -0.05) is 6.08 Å². The first-order valence-corrected chi connectivity index (χ1v) is 4.87. The highest BCUT2D eigenvalue weighted by molar-refractivity contribution is 5.88. The van der Waals surface area contributed by atoms with Crippen LogP contribution >= 0.6 is 0 Å². The summed E-state index contributed by atoms with van der Waals surface area (Å²) in [6, 6.07) is 0. The summed E-state index contributed by atoms with van der Waals surface area (Å²) in [6.07, 6.45) is 1.73. The fourth-order valence-electron chi connectivity index (χ4n) is 0.778. The van der Waals surface area contributed by atoms with Crippen LogP contribution < -0.4 is 0 Å². The Bertz CT molecular complexity index is 211. The zero-order valence-electron chi connectivity index (χ0n) is 9.72. The van der Waals surface area contributed by atoms with Gasteiger partial charge in [-0.2, -0.15) is 0 Å². The van der Waals surface area contributed by atoms with Crippen LogP contribution in [-0.2, 0) is 14.3 Å². The van der Waals surface area contributed by atoms with Gasteiger partial charge in [0.05, 0.1) is 24.4 Å². The molecule has 0 spiro atoms. The van der Waals surface area contributed by atoms with Crippen LogP contribution in [0.3, 0.4) is 0 Å². The molecule has 3 nitrogen and oxygen atoms in total. The van der Waals surface area contributed by atoms with Crippen molar-refractivity contribution in [1.29, 1.82) is 0 Å². The topological polar surface area (TPSA) is 35.5 Å². The van der Waals surface area contributed by atoms with Gasteiger partial charge in [-0.05, 0) is 34.6 Å². The predicted molar refractivity (Wildman–Crippen MR) is 56.1 cm³/mol. The summed E-state index contributed by atoms with van der Waals surface area (Å²) >= 11 is 0. The molecule has 0 aliphatic rings. The molecule has 0 aliphatic carbocycles. The van der Waals surface area contributed by atoms with Crippen molar-refractivity contribution in [2.24, 2.45) is 0 Å². The number of ether oxygens (including phenoxy) is 2. The minimum Gasteiger partial charge on any atom is -0.463 e. The molecule has 0 N–H and O–H groups in total. The fraction of sp³-hybridized carbons (Fsp3) is 0.727. The highest BCUT2D eigenvalue weighted by atomic mass is 16.5. The fourth-order valence-corrected chi connectivity index (χ4v) is 0.778. The molecular weight excluding hydrogens is 180 g/mol. The molecule has 0 bridgehead atoms. The summed E-state index contributed by atoms with van der Waals surface area (Å²) < 4.78 is 10.4. The van der Waals surface area contributed by atoms with E-state index in [1.54, 1.807) is 19.9 Å². The van der Waals surface area contributed by atoms with Gasteiger partial charge in [-0.25, -0.2) is 4.79 Å². The molecule has 0 aromatic rings. The molecule has 0 fully saturated rings. The monoisotopic (exact) mass is 200 g/mol. The first-order valence-electron chi connectivity index (χ1n) is 4.87. The van der Waals surface area contributed by atoms with Crippen LogP contribution in [0.5, 0.6) is 0 Å².